The quantitative estimate of drug-likeness (QED) is 0.571. The lowest BCUT2D eigenvalue weighted by Crippen LogP contribution is -1.86. The van der Waals surface area contributed by atoms with Crippen molar-refractivity contribution in [2.45, 2.75) is 19.8 Å². The molecular formula is C16H19NO. The molecular weight excluding hydrogens is 222 g/mol. The van der Waals surface area contributed by atoms with E-state index in [0.717, 1.165) is 24.3 Å². The van der Waals surface area contributed by atoms with Crippen LogP contribution in [-0.4, -0.2) is 19.9 Å². The zero-order valence-electron chi connectivity index (χ0n) is 11.0. The van der Waals surface area contributed by atoms with Crippen LogP contribution in [0.4, 0.5) is 0 Å². The van der Waals surface area contributed by atoms with Crippen LogP contribution in [0.2, 0.25) is 0 Å². The van der Waals surface area contributed by atoms with E-state index in [9.17, 15) is 0 Å². The van der Waals surface area contributed by atoms with Crippen LogP contribution in [0.1, 0.15) is 25.3 Å². The fourth-order valence-electron chi connectivity index (χ4n) is 1.87. The molecule has 94 valence electrons. The first kappa shape index (κ1) is 12.6. The normalized spacial score (nSPS) is 11.2. The summed E-state index contributed by atoms with van der Waals surface area (Å²) in [7, 11) is 1.69. The number of unbranched alkanes of at least 4 members (excludes halogenated alkanes) is 1. The maximum Gasteiger partial charge on any atom is 0.119 e. The first-order chi connectivity index (χ1) is 8.83. The van der Waals surface area contributed by atoms with E-state index in [2.05, 4.69) is 36.2 Å². The molecule has 0 heterocycles. The van der Waals surface area contributed by atoms with Crippen LogP contribution < -0.4 is 4.74 Å². The van der Waals surface area contributed by atoms with E-state index in [1.165, 1.54) is 17.2 Å². The van der Waals surface area contributed by atoms with Gasteiger partial charge in [0, 0.05) is 12.8 Å². The molecule has 0 saturated heterocycles. The molecule has 2 aromatic rings. The van der Waals surface area contributed by atoms with Crippen LogP contribution in [0.3, 0.4) is 0 Å². The van der Waals surface area contributed by atoms with E-state index in [0.29, 0.717) is 0 Å². The molecule has 18 heavy (non-hydrogen) atoms. The van der Waals surface area contributed by atoms with Gasteiger partial charge in [-0.05, 0) is 41.0 Å². The number of benzene rings is 2. The smallest absolute Gasteiger partial charge is 0.119 e. The minimum atomic E-state index is 0.895. The number of methoxy groups -OCH3 is 1. The molecule has 0 aromatic heterocycles. The van der Waals surface area contributed by atoms with Gasteiger partial charge in [-0.25, -0.2) is 0 Å². The van der Waals surface area contributed by atoms with Crippen LogP contribution in [0.5, 0.6) is 5.75 Å². The number of rotatable bonds is 5. The van der Waals surface area contributed by atoms with Crippen LogP contribution in [-0.2, 0) is 0 Å². The second-order valence-electron chi connectivity index (χ2n) is 4.36. The largest absolute Gasteiger partial charge is 0.497 e. The number of aliphatic imine (C=N–C) groups is 1. The Balaban J connectivity index is 2.20. The number of hydrogen-bond acceptors (Lipinski definition) is 2. The average molecular weight is 241 g/mol. The third-order valence-corrected chi connectivity index (χ3v) is 2.95. The zero-order valence-corrected chi connectivity index (χ0v) is 11.0. The van der Waals surface area contributed by atoms with Gasteiger partial charge in [0.1, 0.15) is 5.75 Å². The molecule has 2 rings (SSSR count). The van der Waals surface area contributed by atoms with E-state index in [1.54, 1.807) is 7.11 Å². The van der Waals surface area contributed by atoms with Gasteiger partial charge in [0.05, 0.1) is 7.11 Å². The Morgan fingerprint density at radius 1 is 1.11 bits per heavy atom. The van der Waals surface area contributed by atoms with Gasteiger partial charge in [0.25, 0.3) is 0 Å². The highest BCUT2D eigenvalue weighted by molar-refractivity contribution is 5.91. The molecule has 0 N–H and O–H groups in total. The molecule has 0 saturated carbocycles. The second-order valence-corrected chi connectivity index (χ2v) is 4.36. The lowest BCUT2D eigenvalue weighted by atomic mass is 10.1. The van der Waals surface area contributed by atoms with Gasteiger partial charge >= 0.3 is 0 Å². The van der Waals surface area contributed by atoms with Crippen molar-refractivity contribution in [1.82, 2.24) is 0 Å². The third-order valence-electron chi connectivity index (χ3n) is 2.95. The van der Waals surface area contributed by atoms with Gasteiger partial charge < -0.3 is 4.74 Å². The Hall–Kier alpha value is -1.83. The minimum absolute atomic E-state index is 0.895. The van der Waals surface area contributed by atoms with Crippen LogP contribution in [0.25, 0.3) is 10.8 Å². The van der Waals surface area contributed by atoms with Gasteiger partial charge in [0.2, 0.25) is 0 Å². The molecule has 0 amide bonds. The summed E-state index contributed by atoms with van der Waals surface area (Å²) < 4.78 is 5.22. The highest BCUT2D eigenvalue weighted by atomic mass is 16.5. The van der Waals surface area contributed by atoms with Crippen molar-refractivity contribution in [1.29, 1.82) is 0 Å². The summed E-state index contributed by atoms with van der Waals surface area (Å²) in [5, 5.41) is 2.41. The van der Waals surface area contributed by atoms with Crippen molar-refractivity contribution in [3.63, 3.8) is 0 Å². The Kier molecular flexibility index (Phi) is 4.35. The molecule has 2 aromatic carbocycles. The molecule has 0 aliphatic carbocycles. The molecule has 2 nitrogen and oxygen atoms in total. The van der Waals surface area contributed by atoms with Gasteiger partial charge in [-0.1, -0.05) is 31.5 Å². The summed E-state index contributed by atoms with van der Waals surface area (Å²) in [6.45, 7) is 3.09. The fraction of sp³-hybridized carbons (Fsp3) is 0.312. The zero-order chi connectivity index (χ0) is 12.8. The van der Waals surface area contributed by atoms with Crippen molar-refractivity contribution in [2.24, 2.45) is 4.99 Å². The SMILES string of the molecule is CCCC/N=C/c1ccc2cc(OC)ccc2c1. The van der Waals surface area contributed by atoms with Crippen LogP contribution in [0, 0.1) is 0 Å². The first-order valence-corrected chi connectivity index (χ1v) is 6.41. The summed E-state index contributed by atoms with van der Waals surface area (Å²) in [4.78, 5) is 4.42. The van der Waals surface area contributed by atoms with Gasteiger partial charge in [-0.3, -0.25) is 4.99 Å². The van der Waals surface area contributed by atoms with E-state index < -0.39 is 0 Å². The number of hydrogen-bond donors (Lipinski definition) is 0. The number of nitrogens with zero attached hydrogens (tertiary/aromatic N) is 1. The lowest BCUT2D eigenvalue weighted by molar-refractivity contribution is 0.415. The molecule has 2 heteroatoms. The first-order valence-electron chi connectivity index (χ1n) is 6.41. The summed E-state index contributed by atoms with van der Waals surface area (Å²) >= 11 is 0. The third kappa shape index (κ3) is 3.10. The molecule has 0 bridgehead atoms. The predicted octanol–water partition coefficient (Wildman–Crippen LogP) is 4.07. The Morgan fingerprint density at radius 3 is 2.67 bits per heavy atom. The minimum Gasteiger partial charge on any atom is -0.497 e. The van der Waals surface area contributed by atoms with Gasteiger partial charge in [0.15, 0.2) is 0 Å². The Labute approximate surface area is 108 Å². The Bertz CT molecular complexity index is 546. The van der Waals surface area contributed by atoms with Gasteiger partial charge in [-0.15, -0.1) is 0 Å². The lowest BCUT2D eigenvalue weighted by Gasteiger charge is -2.03. The highest BCUT2D eigenvalue weighted by Gasteiger charge is 1.97. The van der Waals surface area contributed by atoms with Crippen molar-refractivity contribution >= 4 is 17.0 Å². The van der Waals surface area contributed by atoms with Crippen LogP contribution in [0.15, 0.2) is 41.4 Å². The van der Waals surface area contributed by atoms with Crippen LogP contribution >= 0.6 is 0 Å². The maximum atomic E-state index is 5.22. The molecule has 0 spiro atoms. The number of ether oxygens (including phenoxy) is 1. The summed E-state index contributed by atoms with van der Waals surface area (Å²) in [5.74, 6) is 0.895. The van der Waals surface area contributed by atoms with Crippen molar-refractivity contribution in [3.05, 3.63) is 42.0 Å². The predicted molar refractivity (Wildman–Crippen MR) is 77.9 cm³/mol. The maximum absolute atomic E-state index is 5.22. The van der Waals surface area contributed by atoms with E-state index in [4.69, 9.17) is 4.74 Å². The monoisotopic (exact) mass is 241 g/mol. The summed E-state index contributed by atoms with van der Waals surface area (Å²) in [6.07, 6.45) is 4.30. The summed E-state index contributed by atoms with van der Waals surface area (Å²) in [5.41, 5.74) is 1.16. The average Bonchev–Trinajstić information content (AvgIpc) is 2.43. The van der Waals surface area contributed by atoms with Crippen molar-refractivity contribution in [2.75, 3.05) is 13.7 Å². The number of fused-ring (bicyclic) bond motifs is 1. The van der Waals surface area contributed by atoms with E-state index in [1.807, 2.05) is 18.3 Å². The fourth-order valence-corrected chi connectivity index (χ4v) is 1.87. The van der Waals surface area contributed by atoms with Gasteiger partial charge in [-0.2, -0.15) is 0 Å². The molecule has 0 aliphatic rings. The molecule has 0 atom stereocenters. The molecule has 0 unspecified atom stereocenters. The molecule has 0 radical (unpaired) electrons. The Morgan fingerprint density at radius 2 is 1.89 bits per heavy atom. The summed E-state index contributed by atoms with van der Waals surface area (Å²) in [6, 6.07) is 12.5. The van der Waals surface area contributed by atoms with E-state index in [-0.39, 0.29) is 0 Å². The standard InChI is InChI=1S/C16H19NO/c1-3-4-9-17-12-13-5-6-15-11-16(18-2)8-7-14(15)10-13/h5-8,10-12H,3-4,9H2,1-2H3/b17-12+. The second kappa shape index (κ2) is 6.20. The highest BCUT2D eigenvalue weighted by Crippen LogP contribution is 2.21. The molecule has 0 aliphatic heterocycles. The van der Waals surface area contributed by atoms with E-state index >= 15 is 0 Å². The topological polar surface area (TPSA) is 21.6 Å². The molecule has 0 fully saturated rings. The van der Waals surface area contributed by atoms with Crippen molar-refractivity contribution in [3.8, 4) is 5.75 Å². The van der Waals surface area contributed by atoms with Crippen molar-refractivity contribution < 1.29 is 4.74 Å².